The molecule has 8 heteroatoms. The van der Waals surface area contributed by atoms with Crippen LogP contribution in [0.3, 0.4) is 0 Å². The van der Waals surface area contributed by atoms with Gasteiger partial charge in [0, 0.05) is 30.0 Å². The lowest BCUT2D eigenvalue weighted by molar-refractivity contribution is -0.116. The number of rotatable bonds is 8. The van der Waals surface area contributed by atoms with E-state index in [0.717, 1.165) is 17.0 Å². The minimum atomic E-state index is -0.121. The van der Waals surface area contributed by atoms with Crippen LogP contribution < -0.4 is 14.8 Å². The molecule has 1 amide bonds. The molecule has 0 bridgehead atoms. The van der Waals surface area contributed by atoms with Crippen LogP contribution in [-0.4, -0.2) is 34.7 Å². The molecule has 0 atom stereocenters. The van der Waals surface area contributed by atoms with E-state index >= 15 is 0 Å². The molecule has 0 fully saturated rings. The molecule has 4 aromatic rings. The van der Waals surface area contributed by atoms with Crippen molar-refractivity contribution in [2.45, 2.75) is 19.4 Å². The first-order chi connectivity index (χ1) is 14.7. The third kappa shape index (κ3) is 4.28. The van der Waals surface area contributed by atoms with Crippen LogP contribution in [0.4, 0.5) is 5.69 Å². The first-order valence-electron chi connectivity index (χ1n) is 9.52. The number of nitrogens with one attached hydrogen (secondary N) is 1. The van der Waals surface area contributed by atoms with Gasteiger partial charge in [0.25, 0.3) is 0 Å². The maximum atomic E-state index is 12.6. The van der Waals surface area contributed by atoms with E-state index in [-0.39, 0.29) is 12.3 Å². The van der Waals surface area contributed by atoms with Crippen LogP contribution >= 0.6 is 11.3 Å². The van der Waals surface area contributed by atoms with Gasteiger partial charge in [0.05, 0.1) is 26.5 Å². The lowest BCUT2D eigenvalue weighted by Crippen LogP contribution is -2.15. The summed E-state index contributed by atoms with van der Waals surface area (Å²) in [6, 6.07) is 13.2. The van der Waals surface area contributed by atoms with Crippen LogP contribution in [0.15, 0.2) is 54.0 Å². The minimum Gasteiger partial charge on any atom is -0.497 e. The summed E-state index contributed by atoms with van der Waals surface area (Å²) < 4.78 is 12.7. The molecular formula is C22H22N4O3S. The van der Waals surface area contributed by atoms with E-state index in [1.807, 2.05) is 18.2 Å². The molecule has 1 N–H and O–H groups in total. The molecule has 0 saturated heterocycles. The first-order valence-corrected chi connectivity index (χ1v) is 10.4. The van der Waals surface area contributed by atoms with Gasteiger partial charge in [-0.3, -0.25) is 4.79 Å². The van der Waals surface area contributed by atoms with Gasteiger partial charge in [-0.15, -0.1) is 11.3 Å². The van der Waals surface area contributed by atoms with Crippen molar-refractivity contribution in [3.05, 3.63) is 64.7 Å². The molecule has 0 spiro atoms. The number of carbonyl (C=O) groups is 1. The number of aryl methyl sites for hydroxylation is 1. The Kier molecular flexibility index (Phi) is 5.94. The summed E-state index contributed by atoms with van der Waals surface area (Å²) in [6.07, 6.45) is 2.55. The van der Waals surface area contributed by atoms with Crippen LogP contribution in [0.25, 0.3) is 11.2 Å². The second-order valence-electron chi connectivity index (χ2n) is 6.65. The van der Waals surface area contributed by atoms with E-state index in [1.54, 1.807) is 50.0 Å². The van der Waals surface area contributed by atoms with Crippen molar-refractivity contribution < 1.29 is 14.3 Å². The van der Waals surface area contributed by atoms with E-state index in [9.17, 15) is 4.79 Å². The molecule has 0 aliphatic rings. The van der Waals surface area contributed by atoms with Crippen LogP contribution in [0.2, 0.25) is 0 Å². The smallest absolute Gasteiger partial charge is 0.224 e. The van der Waals surface area contributed by atoms with Crippen molar-refractivity contribution in [2.24, 2.45) is 0 Å². The van der Waals surface area contributed by atoms with Crippen molar-refractivity contribution in [3.8, 4) is 11.5 Å². The molecular weight excluding hydrogens is 400 g/mol. The Balaban J connectivity index is 1.52. The molecule has 4 rings (SSSR count). The third-order valence-electron chi connectivity index (χ3n) is 4.73. The van der Waals surface area contributed by atoms with Gasteiger partial charge in [-0.1, -0.05) is 6.07 Å². The minimum absolute atomic E-state index is 0.121. The lowest BCUT2D eigenvalue weighted by Gasteiger charge is -2.12. The summed E-state index contributed by atoms with van der Waals surface area (Å²) in [6.45, 7) is 0.686. The molecule has 3 heterocycles. The van der Waals surface area contributed by atoms with Gasteiger partial charge in [0.2, 0.25) is 5.91 Å². The topological polar surface area (TPSA) is 78.3 Å². The van der Waals surface area contributed by atoms with Crippen molar-refractivity contribution in [1.29, 1.82) is 0 Å². The monoisotopic (exact) mass is 422 g/mol. The number of aromatic nitrogens is 3. The summed E-state index contributed by atoms with van der Waals surface area (Å²) in [4.78, 5) is 23.1. The Labute approximate surface area is 178 Å². The maximum Gasteiger partial charge on any atom is 0.224 e. The summed E-state index contributed by atoms with van der Waals surface area (Å²) >= 11 is 1.69. The number of hydrogen-bond donors (Lipinski definition) is 1. The average Bonchev–Trinajstić information content (AvgIpc) is 3.40. The highest BCUT2D eigenvalue weighted by atomic mass is 32.1. The molecule has 0 radical (unpaired) electrons. The van der Waals surface area contributed by atoms with Crippen molar-refractivity contribution >= 4 is 34.1 Å². The van der Waals surface area contributed by atoms with Gasteiger partial charge < -0.3 is 19.4 Å². The quantitative estimate of drug-likeness (QED) is 0.462. The van der Waals surface area contributed by atoms with Crippen LogP contribution in [-0.2, 0) is 17.8 Å². The predicted octanol–water partition coefficient (Wildman–Crippen LogP) is 4.13. The Hall–Kier alpha value is -3.39. The third-order valence-corrected chi connectivity index (χ3v) is 5.59. The highest BCUT2D eigenvalue weighted by Crippen LogP contribution is 2.29. The fourth-order valence-electron chi connectivity index (χ4n) is 3.27. The summed E-state index contributed by atoms with van der Waals surface area (Å²) in [5, 5.41) is 4.96. The van der Waals surface area contributed by atoms with Gasteiger partial charge in [-0.05, 0) is 35.7 Å². The Morgan fingerprint density at radius 3 is 2.83 bits per heavy atom. The van der Waals surface area contributed by atoms with Crippen molar-refractivity contribution in [2.75, 3.05) is 19.5 Å². The average molecular weight is 423 g/mol. The zero-order valence-corrected chi connectivity index (χ0v) is 17.6. The summed E-state index contributed by atoms with van der Waals surface area (Å²) in [7, 11) is 3.15. The van der Waals surface area contributed by atoms with E-state index in [1.165, 1.54) is 4.88 Å². The zero-order valence-electron chi connectivity index (χ0n) is 16.8. The van der Waals surface area contributed by atoms with Gasteiger partial charge in [0.1, 0.15) is 22.8 Å². The number of thiophene rings is 1. The van der Waals surface area contributed by atoms with E-state index in [2.05, 4.69) is 26.3 Å². The lowest BCUT2D eigenvalue weighted by atomic mass is 10.2. The van der Waals surface area contributed by atoms with Crippen LogP contribution in [0.1, 0.15) is 17.1 Å². The SMILES string of the molecule is COc1ccc(OC)c(NC(=O)CCc2nc3cccnc3n2Cc2cccs2)c1. The van der Waals surface area contributed by atoms with Gasteiger partial charge in [-0.2, -0.15) is 0 Å². The number of carbonyl (C=O) groups excluding carboxylic acids is 1. The second-order valence-corrected chi connectivity index (χ2v) is 7.69. The van der Waals surface area contributed by atoms with Gasteiger partial charge in [-0.25, -0.2) is 9.97 Å². The van der Waals surface area contributed by atoms with Crippen molar-refractivity contribution in [3.63, 3.8) is 0 Å². The molecule has 0 aliphatic carbocycles. The fraction of sp³-hybridized carbons (Fsp3) is 0.227. The number of hydrogen-bond acceptors (Lipinski definition) is 6. The molecule has 0 unspecified atom stereocenters. The zero-order chi connectivity index (χ0) is 20.9. The van der Waals surface area contributed by atoms with Crippen molar-refractivity contribution in [1.82, 2.24) is 14.5 Å². The number of fused-ring (bicyclic) bond motifs is 1. The normalized spacial score (nSPS) is 10.9. The van der Waals surface area contributed by atoms with Gasteiger partial charge in [0.15, 0.2) is 5.65 Å². The van der Waals surface area contributed by atoms with E-state index in [4.69, 9.17) is 14.5 Å². The molecule has 3 aromatic heterocycles. The Bertz CT molecular complexity index is 1150. The number of nitrogens with zero attached hydrogens (tertiary/aromatic N) is 3. The van der Waals surface area contributed by atoms with Crippen LogP contribution in [0.5, 0.6) is 11.5 Å². The predicted molar refractivity (Wildman–Crippen MR) is 117 cm³/mol. The Morgan fingerprint density at radius 1 is 1.17 bits per heavy atom. The number of methoxy groups -OCH3 is 2. The van der Waals surface area contributed by atoms with E-state index < -0.39 is 0 Å². The van der Waals surface area contributed by atoms with Gasteiger partial charge >= 0.3 is 0 Å². The largest absolute Gasteiger partial charge is 0.497 e. The number of amides is 1. The molecule has 1 aromatic carbocycles. The standard InChI is InChI=1S/C22H22N4O3S/c1-28-15-7-8-19(29-2)18(13-15)25-21(27)10-9-20-24-17-6-3-11-23-22(17)26(20)14-16-5-4-12-30-16/h3-8,11-13H,9-10,14H2,1-2H3,(H,25,27). The fourth-order valence-corrected chi connectivity index (χ4v) is 3.96. The number of ether oxygens (including phenoxy) is 2. The maximum absolute atomic E-state index is 12.6. The summed E-state index contributed by atoms with van der Waals surface area (Å²) in [5.74, 6) is 1.95. The second kappa shape index (κ2) is 8.96. The highest BCUT2D eigenvalue weighted by molar-refractivity contribution is 7.09. The Morgan fingerprint density at radius 2 is 2.07 bits per heavy atom. The highest BCUT2D eigenvalue weighted by Gasteiger charge is 2.15. The molecule has 154 valence electrons. The molecule has 7 nitrogen and oxygen atoms in total. The van der Waals surface area contributed by atoms with E-state index in [0.29, 0.717) is 30.2 Å². The number of pyridine rings is 1. The molecule has 0 saturated carbocycles. The first kappa shape index (κ1) is 19.9. The number of anilines is 1. The summed E-state index contributed by atoms with van der Waals surface area (Å²) in [5.41, 5.74) is 2.24. The number of imidazole rings is 1. The number of benzene rings is 1. The molecule has 0 aliphatic heterocycles. The van der Waals surface area contributed by atoms with Crippen LogP contribution in [0, 0.1) is 0 Å². The molecule has 30 heavy (non-hydrogen) atoms.